The molecule has 0 aliphatic heterocycles. The van der Waals surface area contributed by atoms with Gasteiger partial charge in [-0.2, -0.15) is 5.10 Å². The largest absolute Gasteiger partial charge is 0.366 e. The van der Waals surface area contributed by atoms with Crippen molar-refractivity contribution in [3.05, 3.63) is 93.8 Å². The zero-order valence-corrected chi connectivity index (χ0v) is 16.4. The highest BCUT2D eigenvalue weighted by Gasteiger charge is 2.07. The SMILES string of the molecule is Cc1nc(-c2ccc(NCc3ccccc3Cn3cccn3)nc2)[nH]c(=O)c1C. The summed E-state index contributed by atoms with van der Waals surface area (Å²) < 4.78 is 1.91. The first-order valence-electron chi connectivity index (χ1n) is 9.42. The van der Waals surface area contributed by atoms with E-state index in [1.807, 2.05) is 48.1 Å². The lowest BCUT2D eigenvalue weighted by atomic mass is 10.1. The van der Waals surface area contributed by atoms with Crippen molar-refractivity contribution < 1.29 is 0 Å². The van der Waals surface area contributed by atoms with Crippen molar-refractivity contribution in [3.63, 3.8) is 0 Å². The van der Waals surface area contributed by atoms with Gasteiger partial charge in [0.2, 0.25) is 0 Å². The molecular weight excluding hydrogens is 364 g/mol. The second-order valence-electron chi connectivity index (χ2n) is 6.88. The molecule has 146 valence electrons. The average Bonchev–Trinajstić information content (AvgIpc) is 3.24. The summed E-state index contributed by atoms with van der Waals surface area (Å²) in [6, 6.07) is 14.0. The molecule has 4 aromatic rings. The molecule has 3 heterocycles. The van der Waals surface area contributed by atoms with Gasteiger partial charge in [0.15, 0.2) is 0 Å². The van der Waals surface area contributed by atoms with Crippen LogP contribution in [0.25, 0.3) is 11.4 Å². The summed E-state index contributed by atoms with van der Waals surface area (Å²) in [6.07, 6.45) is 5.45. The van der Waals surface area contributed by atoms with Crippen LogP contribution in [0.15, 0.2) is 65.8 Å². The van der Waals surface area contributed by atoms with Crippen molar-refractivity contribution in [2.75, 3.05) is 5.32 Å². The molecule has 0 radical (unpaired) electrons. The zero-order chi connectivity index (χ0) is 20.2. The second kappa shape index (κ2) is 8.10. The van der Waals surface area contributed by atoms with Crippen LogP contribution in [-0.4, -0.2) is 24.7 Å². The maximum absolute atomic E-state index is 12.0. The van der Waals surface area contributed by atoms with E-state index >= 15 is 0 Å². The van der Waals surface area contributed by atoms with E-state index in [1.165, 1.54) is 11.1 Å². The van der Waals surface area contributed by atoms with E-state index in [9.17, 15) is 4.79 Å². The first kappa shape index (κ1) is 18.6. The number of aryl methyl sites for hydroxylation is 1. The third-order valence-electron chi connectivity index (χ3n) is 4.90. The molecule has 0 saturated carbocycles. The van der Waals surface area contributed by atoms with Gasteiger partial charge in [0.05, 0.1) is 6.54 Å². The predicted octanol–water partition coefficient (Wildman–Crippen LogP) is 3.31. The number of benzene rings is 1. The molecule has 0 saturated heterocycles. The number of H-pyrrole nitrogens is 1. The highest BCUT2D eigenvalue weighted by molar-refractivity contribution is 5.56. The van der Waals surface area contributed by atoms with E-state index in [1.54, 1.807) is 19.3 Å². The fourth-order valence-corrected chi connectivity index (χ4v) is 3.06. The van der Waals surface area contributed by atoms with E-state index in [0.717, 1.165) is 23.6 Å². The van der Waals surface area contributed by atoms with Crippen LogP contribution in [0.2, 0.25) is 0 Å². The van der Waals surface area contributed by atoms with Crippen molar-refractivity contribution in [2.45, 2.75) is 26.9 Å². The number of nitrogens with zero attached hydrogens (tertiary/aromatic N) is 4. The number of hydrogen-bond acceptors (Lipinski definition) is 5. The third-order valence-corrected chi connectivity index (χ3v) is 4.90. The van der Waals surface area contributed by atoms with E-state index in [4.69, 9.17) is 0 Å². The van der Waals surface area contributed by atoms with Gasteiger partial charge in [0, 0.05) is 42.0 Å². The average molecular weight is 386 g/mol. The molecule has 3 aromatic heterocycles. The minimum absolute atomic E-state index is 0.122. The number of nitrogens with one attached hydrogen (secondary N) is 2. The summed E-state index contributed by atoms with van der Waals surface area (Å²) in [5, 5.41) is 7.64. The van der Waals surface area contributed by atoms with E-state index in [0.29, 0.717) is 17.9 Å². The molecule has 7 heteroatoms. The molecule has 0 bridgehead atoms. The van der Waals surface area contributed by atoms with Crippen molar-refractivity contribution in [1.82, 2.24) is 24.7 Å². The molecule has 0 fully saturated rings. The normalized spacial score (nSPS) is 10.8. The first-order valence-corrected chi connectivity index (χ1v) is 9.42. The quantitative estimate of drug-likeness (QED) is 0.531. The molecule has 29 heavy (non-hydrogen) atoms. The van der Waals surface area contributed by atoms with Crippen LogP contribution in [0.5, 0.6) is 0 Å². The first-order chi connectivity index (χ1) is 14.1. The van der Waals surface area contributed by atoms with Gasteiger partial charge >= 0.3 is 0 Å². The van der Waals surface area contributed by atoms with Crippen LogP contribution < -0.4 is 10.9 Å². The molecule has 0 unspecified atom stereocenters. The van der Waals surface area contributed by atoms with Gasteiger partial charge in [0.1, 0.15) is 11.6 Å². The van der Waals surface area contributed by atoms with Gasteiger partial charge in [-0.15, -0.1) is 0 Å². The molecule has 0 aliphatic carbocycles. The molecule has 4 rings (SSSR count). The molecule has 7 nitrogen and oxygen atoms in total. The number of aromatic nitrogens is 5. The highest BCUT2D eigenvalue weighted by Crippen LogP contribution is 2.17. The number of rotatable bonds is 6. The van der Waals surface area contributed by atoms with Crippen LogP contribution in [-0.2, 0) is 13.1 Å². The fourth-order valence-electron chi connectivity index (χ4n) is 3.06. The highest BCUT2D eigenvalue weighted by atomic mass is 16.1. The number of aromatic amines is 1. The fraction of sp³-hybridized carbons (Fsp3) is 0.182. The number of hydrogen-bond donors (Lipinski definition) is 2. The molecular formula is C22H22N6O. The molecule has 2 N–H and O–H groups in total. The summed E-state index contributed by atoms with van der Waals surface area (Å²) in [4.78, 5) is 23.7. The maximum Gasteiger partial charge on any atom is 0.254 e. The van der Waals surface area contributed by atoms with Gasteiger partial charge in [-0.25, -0.2) is 9.97 Å². The molecule has 0 atom stereocenters. The number of pyridine rings is 1. The predicted molar refractivity (Wildman–Crippen MR) is 113 cm³/mol. The monoisotopic (exact) mass is 386 g/mol. The Morgan fingerprint density at radius 1 is 1.07 bits per heavy atom. The maximum atomic E-state index is 12.0. The Kier molecular flexibility index (Phi) is 5.20. The standard InChI is InChI=1S/C22H22N6O/c1-15-16(2)26-21(27-22(15)29)18-8-9-20(24-13-18)23-12-17-6-3-4-7-19(17)14-28-11-5-10-25-28/h3-11,13H,12,14H2,1-2H3,(H,23,24)(H,26,27,29). The van der Waals surface area contributed by atoms with Crippen LogP contribution >= 0.6 is 0 Å². The van der Waals surface area contributed by atoms with Crippen LogP contribution in [0.3, 0.4) is 0 Å². The van der Waals surface area contributed by atoms with Crippen molar-refractivity contribution in [3.8, 4) is 11.4 Å². The van der Waals surface area contributed by atoms with Crippen molar-refractivity contribution in [1.29, 1.82) is 0 Å². The van der Waals surface area contributed by atoms with Gasteiger partial charge in [-0.05, 0) is 43.2 Å². The van der Waals surface area contributed by atoms with Crippen molar-refractivity contribution in [2.24, 2.45) is 0 Å². The summed E-state index contributed by atoms with van der Waals surface area (Å²) in [6.45, 7) is 4.98. The Balaban J connectivity index is 1.47. The molecule has 0 amide bonds. The third kappa shape index (κ3) is 4.24. The smallest absolute Gasteiger partial charge is 0.254 e. The van der Waals surface area contributed by atoms with Gasteiger partial charge in [-0.3, -0.25) is 9.48 Å². The molecule has 1 aromatic carbocycles. The van der Waals surface area contributed by atoms with Crippen molar-refractivity contribution >= 4 is 5.82 Å². The Bertz CT molecular complexity index is 1160. The summed E-state index contributed by atoms with van der Waals surface area (Å²) in [5.41, 5.74) is 4.40. The van der Waals surface area contributed by atoms with Gasteiger partial charge in [-0.1, -0.05) is 24.3 Å². The van der Waals surface area contributed by atoms with Crippen LogP contribution in [0.4, 0.5) is 5.82 Å². The topological polar surface area (TPSA) is 88.5 Å². The van der Waals surface area contributed by atoms with Gasteiger partial charge < -0.3 is 10.3 Å². The molecule has 0 spiro atoms. The van der Waals surface area contributed by atoms with E-state index in [2.05, 4.69) is 37.5 Å². The number of anilines is 1. The second-order valence-corrected chi connectivity index (χ2v) is 6.88. The zero-order valence-electron chi connectivity index (χ0n) is 16.4. The lowest BCUT2D eigenvalue weighted by Gasteiger charge is -2.12. The Hall–Kier alpha value is -3.74. The lowest BCUT2D eigenvalue weighted by molar-refractivity contribution is 0.682. The summed E-state index contributed by atoms with van der Waals surface area (Å²) in [5.74, 6) is 1.29. The summed E-state index contributed by atoms with van der Waals surface area (Å²) in [7, 11) is 0. The van der Waals surface area contributed by atoms with E-state index in [-0.39, 0.29) is 5.56 Å². The summed E-state index contributed by atoms with van der Waals surface area (Å²) >= 11 is 0. The Morgan fingerprint density at radius 3 is 2.59 bits per heavy atom. The van der Waals surface area contributed by atoms with E-state index < -0.39 is 0 Å². The van der Waals surface area contributed by atoms with Gasteiger partial charge in [0.25, 0.3) is 5.56 Å². The minimum atomic E-state index is -0.122. The van der Waals surface area contributed by atoms with Crippen LogP contribution in [0.1, 0.15) is 22.4 Å². The minimum Gasteiger partial charge on any atom is -0.366 e. The lowest BCUT2D eigenvalue weighted by Crippen LogP contribution is -2.14. The van der Waals surface area contributed by atoms with Crippen LogP contribution in [0, 0.1) is 13.8 Å². The Morgan fingerprint density at radius 2 is 1.90 bits per heavy atom. The Labute approximate surface area is 168 Å². The molecule has 0 aliphatic rings.